The zero-order valence-electron chi connectivity index (χ0n) is 14.8. The molecule has 0 atom stereocenters. The molecule has 1 aliphatic rings. The Hall–Kier alpha value is -2.89. The van der Waals surface area contributed by atoms with Gasteiger partial charge in [-0.25, -0.2) is 9.97 Å². The van der Waals surface area contributed by atoms with Crippen molar-refractivity contribution in [3.05, 3.63) is 47.3 Å². The Balaban J connectivity index is 1.60. The first kappa shape index (κ1) is 16.6. The van der Waals surface area contributed by atoms with Gasteiger partial charge in [0.05, 0.1) is 11.8 Å². The lowest BCUT2D eigenvalue weighted by atomic mass is 9.92. The van der Waals surface area contributed by atoms with E-state index in [0.717, 1.165) is 25.0 Å². The number of benzene rings is 1. The molecule has 0 bridgehead atoms. The van der Waals surface area contributed by atoms with Crippen LogP contribution >= 0.6 is 0 Å². The number of hydrogen-bond acceptors (Lipinski definition) is 4. The number of rotatable bonds is 5. The number of H-pyrrole nitrogens is 1. The first-order chi connectivity index (χ1) is 12.7. The summed E-state index contributed by atoms with van der Waals surface area (Å²) in [6, 6.07) is 6.20. The molecule has 1 aromatic carbocycles. The summed E-state index contributed by atoms with van der Waals surface area (Å²) < 4.78 is 5.92. The van der Waals surface area contributed by atoms with Gasteiger partial charge >= 0.3 is 0 Å². The molecule has 3 aromatic rings. The molecule has 0 aliphatic heterocycles. The Bertz CT molecular complexity index is 948. The van der Waals surface area contributed by atoms with Gasteiger partial charge in [-0.05, 0) is 55.4 Å². The molecule has 2 aromatic heterocycles. The molecule has 1 amide bonds. The minimum atomic E-state index is -0.154. The van der Waals surface area contributed by atoms with Gasteiger partial charge in [-0.2, -0.15) is 0 Å². The molecule has 4 rings (SSSR count). The van der Waals surface area contributed by atoms with Crippen molar-refractivity contribution in [3.63, 3.8) is 0 Å². The number of carbonyl (C=O) groups excluding carboxylic acids is 1. The third-order valence-corrected chi connectivity index (χ3v) is 4.68. The highest BCUT2D eigenvalue weighted by molar-refractivity contribution is 6.04. The van der Waals surface area contributed by atoms with E-state index in [2.05, 4.69) is 32.4 Å². The van der Waals surface area contributed by atoms with Gasteiger partial charge in [-0.15, -0.1) is 0 Å². The SMILES string of the molecule is CCCNC(=O)c1c[nH]c2ncc(Oc3ccc4c(c3)CCCC4)nc12. The molecule has 134 valence electrons. The Morgan fingerprint density at radius 3 is 2.96 bits per heavy atom. The maximum Gasteiger partial charge on any atom is 0.255 e. The van der Waals surface area contributed by atoms with E-state index in [-0.39, 0.29) is 5.91 Å². The van der Waals surface area contributed by atoms with Crippen molar-refractivity contribution in [1.29, 1.82) is 0 Å². The molecule has 0 saturated carbocycles. The van der Waals surface area contributed by atoms with E-state index in [1.165, 1.54) is 24.0 Å². The quantitative estimate of drug-likeness (QED) is 0.734. The smallest absolute Gasteiger partial charge is 0.255 e. The molecular formula is C20H22N4O2. The number of ether oxygens (including phenoxy) is 1. The number of aromatic amines is 1. The number of carbonyl (C=O) groups is 1. The molecule has 2 heterocycles. The Morgan fingerprint density at radius 2 is 2.12 bits per heavy atom. The van der Waals surface area contributed by atoms with Gasteiger partial charge in [0.2, 0.25) is 5.88 Å². The van der Waals surface area contributed by atoms with Crippen molar-refractivity contribution in [2.24, 2.45) is 0 Å². The van der Waals surface area contributed by atoms with Crippen LogP contribution in [0.25, 0.3) is 11.2 Å². The number of aryl methyl sites for hydroxylation is 2. The number of aromatic nitrogens is 3. The molecule has 0 unspecified atom stereocenters. The first-order valence-corrected chi connectivity index (χ1v) is 9.16. The topological polar surface area (TPSA) is 79.9 Å². The van der Waals surface area contributed by atoms with Gasteiger partial charge in [-0.3, -0.25) is 4.79 Å². The van der Waals surface area contributed by atoms with Gasteiger partial charge < -0.3 is 15.0 Å². The third-order valence-electron chi connectivity index (χ3n) is 4.68. The molecule has 0 radical (unpaired) electrons. The highest BCUT2D eigenvalue weighted by atomic mass is 16.5. The lowest BCUT2D eigenvalue weighted by Crippen LogP contribution is -2.23. The summed E-state index contributed by atoms with van der Waals surface area (Å²) in [5.74, 6) is 0.988. The summed E-state index contributed by atoms with van der Waals surface area (Å²) in [6.07, 6.45) is 8.81. The second kappa shape index (κ2) is 7.15. The molecule has 1 aliphatic carbocycles. The standard InChI is InChI=1S/C20H22N4O2/c1-2-9-21-20(25)16-11-22-19-18(16)24-17(12-23-19)26-15-8-7-13-5-3-4-6-14(13)10-15/h7-8,10-12H,2-6,9H2,1H3,(H,21,25)(H,22,23). The van der Waals surface area contributed by atoms with Crippen LogP contribution in [0.15, 0.2) is 30.6 Å². The lowest BCUT2D eigenvalue weighted by Gasteiger charge is -2.16. The number of hydrogen-bond donors (Lipinski definition) is 2. The summed E-state index contributed by atoms with van der Waals surface area (Å²) >= 11 is 0. The highest BCUT2D eigenvalue weighted by Crippen LogP contribution is 2.28. The van der Waals surface area contributed by atoms with E-state index in [0.29, 0.717) is 29.2 Å². The van der Waals surface area contributed by atoms with Crippen molar-refractivity contribution in [3.8, 4) is 11.6 Å². The predicted octanol–water partition coefficient (Wildman–Crippen LogP) is 3.77. The van der Waals surface area contributed by atoms with Crippen LogP contribution in [0.2, 0.25) is 0 Å². The fourth-order valence-electron chi connectivity index (χ4n) is 3.33. The van der Waals surface area contributed by atoms with Crippen LogP contribution in [0.3, 0.4) is 0 Å². The number of nitrogens with one attached hydrogen (secondary N) is 2. The highest BCUT2D eigenvalue weighted by Gasteiger charge is 2.15. The predicted molar refractivity (Wildman–Crippen MR) is 99.7 cm³/mol. The summed E-state index contributed by atoms with van der Waals surface area (Å²) in [6.45, 7) is 2.64. The Morgan fingerprint density at radius 1 is 1.27 bits per heavy atom. The van der Waals surface area contributed by atoms with Crippen LogP contribution < -0.4 is 10.1 Å². The summed E-state index contributed by atoms with van der Waals surface area (Å²) in [7, 11) is 0. The van der Waals surface area contributed by atoms with E-state index in [1.807, 2.05) is 13.0 Å². The monoisotopic (exact) mass is 350 g/mol. The average Bonchev–Trinajstić information content (AvgIpc) is 3.09. The van der Waals surface area contributed by atoms with Gasteiger partial charge in [0, 0.05) is 12.7 Å². The maximum absolute atomic E-state index is 12.3. The minimum absolute atomic E-state index is 0.154. The summed E-state index contributed by atoms with van der Waals surface area (Å²) in [4.78, 5) is 24.1. The van der Waals surface area contributed by atoms with Crippen LogP contribution in [0.5, 0.6) is 11.6 Å². The van der Waals surface area contributed by atoms with Crippen molar-refractivity contribution in [2.45, 2.75) is 39.0 Å². The third kappa shape index (κ3) is 3.27. The van der Waals surface area contributed by atoms with Crippen molar-refractivity contribution in [1.82, 2.24) is 20.3 Å². The Labute approximate surface area is 152 Å². The molecular weight excluding hydrogens is 328 g/mol. The Kier molecular flexibility index (Phi) is 4.56. The summed E-state index contributed by atoms with van der Waals surface area (Å²) in [5, 5.41) is 2.86. The number of amides is 1. The molecule has 0 spiro atoms. The van der Waals surface area contributed by atoms with Crippen LogP contribution in [0.1, 0.15) is 47.7 Å². The largest absolute Gasteiger partial charge is 0.437 e. The van der Waals surface area contributed by atoms with Gasteiger partial charge in [0.15, 0.2) is 5.65 Å². The fraction of sp³-hybridized carbons (Fsp3) is 0.350. The zero-order valence-corrected chi connectivity index (χ0v) is 14.8. The van der Waals surface area contributed by atoms with Crippen LogP contribution in [0, 0.1) is 0 Å². The molecule has 26 heavy (non-hydrogen) atoms. The van der Waals surface area contributed by atoms with E-state index >= 15 is 0 Å². The van der Waals surface area contributed by atoms with Crippen molar-refractivity contribution in [2.75, 3.05) is 6.54 Å². The molecule has 0 saturated heterocycles. The van der Waals surface area contributed by atoms with Gasteiger partial charge in [0.25, 0.3) is 5.91 Å². The van der Waals surface area contributed by atoms with Crippen LogP contribution in [-0.4, -0.2) is 27.4 Å². The fourth-order valence-corrected chi connectivity index (χ4v) is 3.33. The van der Waals surface area contributed by atoms with Gasteiger partial charge in [0.1, 0.15) is 11.3 Å². The van der Waals surface area contributed by atoms with Gasteiger partial charge in [-0.1, -0.05) is 13.0 Å². The molecule has 6 nitrogen and oxygen atoms in total. The van der Waals surface area contributed by atoms with E-state index in [1.54, 1.807) is 12.4 Å². The van der Waals surface area contributed by atoms with Crippen molar-refractivity contribution >= 4 is 17.1 Å². The second-order valence-electron chi connectivity index (χ2n) is 6.60. The first-order valence-electron chi connectivity index (χ1n) is 9.16. The normalized spacial score (nSPS) is 13.4. The molecule has 2 N–H and O–H groups in total. The lowest BCUT2D eigenvalue weighted by molar-refractivity contribution is 0.0955. The molecule has 0 fully saturated rings. The van der Waals surface area contributed by atoms with Crippen LogP contribution in [-0.2, 0) is 12.8 Å². The van der Waals surface area contributed by atoms with Crippen LogP contribution in [0.4, 0.5) is 0 Å². The van der Waals surface area contributed by atoms with E-state index in [9.17, 15) is 4.79 Å². The van der Waals surface area contributed by atoms with E-state index in [4.69, 9.17) is 4.74 Å². The average molecular weight is 350 g/mol. The second-order valence-corrected chi connectivity index (χ2v) is 6.60. The number of fused-ring (bicyclic) bond motifs is 2. The van der Waals surface area contributed by atoms with E-state index < -0.39 is 0 Å². The van der Waals surface area contributed by atoms with Crippen molar-refractivity contribution < 1.29 is 9.53 Å². The maximum atomic E-state index is 12.3. The minimum Gasteiger partial charge on any atom is -0.437 e. The molecule has 6 heteroatoms. The number of nitrogens with zero attached hydrogens (tertiary/aromatic N) is 2. The summed E-state index contributed by atoms with van der Waals surface area (Å²) in [5.41, 5.74) is 4.34. The zero-order chi connectivity index (χ0) is 17.9.